The van der Waals surface area contributed by atoms with E-state index >= 15 is 0 Å². The molecule has 0 saturated carbocycles. The van der Waals surface area contributed by atoms with Crippen LogP contribution in [0.1, 0.15) is 6.92 Å². The number of amides is 2. The molecule has 0 fully saturated rings. The summed E-state index contributed by atoms with van der Waals surface area (Å²) in [5.41, 5.74) is 0.666. The van der Waals surface area contributed by atoms with Crippen molar-refractivity contribution >= 4 is 27.6 Å². The second kappa shape index (κ2) is 9.63. The number of nitrogens with zero attached hydrogens (tertiary/aromatic N) is 3. The Balaban J connectivity index is 2.02. The molecule has 158 valence electrons. The molecule has 11 heteroatoms. The number of carbonyl (C=O) groups is 1. The van der Waals surface area contributed by atoms with Crippen molar-refractivity contribution < 1.29 is 22.3 Å². The number of pyridine rings is 1. The monoisotopic (exact) mass is 425 g/mol. The van der Waals surface area contributed by atoms with Gasteiger partial charge in [0.2, 0.25) is 0 Å². The zero-order valence-corrected chi connectivity index (χ0v) is 17.4. The van der Waals surface area contributed by atoms with E-state index in [1.165, 1.54) is 33.4 Å². The highest BCUT2D eigenvalue weighted by atomic mass is 32.2. The number of anilines is 2. The highest BCUT2D eigenvalue weighted by Gasteiger charge is 2.23. The molecule has 0 saturated heterocycles. The molecular weight excluding hydrogens is 401 g/mol. The Morgan fingerprint density at radius 3 is 2.52 bits per heavy atom. The van der Waals surface area contributed by atoms with Gasteiger partial charge in [0.15, 0.2) is 0 Å². The maximum absolute atomic E-state index is 13.9. The Morgan fingerprint density at radius 1 is 1.21 bits per heavy atom. The largest absolute Gasteiger partial charge is 0.489 e. The summed E-state index contributed by atoms with van der Waals surface area (Å²) in [5, 5.41) is 5.08. The first-order valence-corrected chi connectivity index (χ1v) is 10.1. The summed E-state index contributed by atoms with van der Waals surface area (Å²) in [6.45, 7) is 1.72. The lowest BCUT2D eigenvalue weighted by Crippen LogP contribution is -2.41. The average Bonchev–Trinajstić information content (AvgIpc) is 2.61. The molecule has 2 aromatic rings. The fourth-order valence-corrected chi connectivity index (χ4v) is 3.39. The molecule has 0 aliphatic heterocycles. The van der Waals surface area contributed by atoms with Crippen LogP contribution >= 0.6 is 0 Å². The molecule has 0 radical (unpaired) electrons. The minimum Gasteiger partial charge on any atom is -0.489 e. The number of hydrogen-bond donors (Lipinski definition) is 2. The predicted molar refractivity (Wildman–Crippen MR) is 109 cm³/mol. The molecule has 0 aliphatic rings. The Morgan fingerprint density at radius 2 is 1.90 bits per heavy atom. The lowest BCUT2D eigenvalue weighted by atomic mass is 10.3. The summed E-state index contributed by atoms with van der Waals surface area (Å²) in [6, 6.07) is 6.50. The number of nitrogens with one attached hydrogen (secondary N) is 2. The summed E-state index contributed by atoms with van der Waals surface area (Å²) in [6.07, 6.45) is 2.48. The van der Waals surface area contributed by atoms with Crippen LogP contribution < -0.4 is 15.4 Å². The molecule has 1 aromatic heterocycles. The number of urea groups is 1. The first-order chi connectivity index (χ1) is 13.6. The lowest BCUT2D eigenvalue weighted by molar-refractivity contribution is 0.192. The molecule has 2 rings (SSSR count). The molecule has 1 heterocycles. The van der Waals surface area contributed by atoms with E-state index < -0.39 is 28.2 Å². The van der Waals surface area contributed by atoms with E-state index in [4.69, 9.17) is 4.74 Å². The van der Waals surface area contributed by atoms with Crippen LogP contribution in [0.15, 0.2) is 42.7 Å². The summed E-state index contributed by atoms with van der Waals surface area (Å²) < 4.78 is 45.9. The van der Waals surface area contributed by atoms with Gasteiger partial charge < -0.3 is 15.4 Å². The standard InChI is InChI=1S/C18H24FN5O4S/c1-13(12-24(4)29(26,27)23(2)3)28-17-9-14(19)8-16(10-17)22-18(25)21-15-6-5-7-20-11-15/h5-11,13H,12H2,1-4H3,(H2,21,22,25)/t13-/m0/s1. The summed E-state index contributed by atoms with van der Waals surface area (Å²) >= 11 is 0. The Kier molecular flexibility index (Phi) is 7.48. The van der Waals surface area contributed by atoms with Crippen molar-refractivity contribution in [1.29, 1.82) is 0 Å². The first-order valence-electron chi connectivity index (χ1n) is 8.67. The topological polar surface area (TPSA) is 104 Å². The van der Waals surface area contributed by atoms with Crippen LogP contribution in [0, 0.1) is 5.82 Å². The molecule has 9 nitrogen and oxygen atoms in total. The summed E-state index contributed by atoms with van der Waals surface area (Å²) in [7, 11) is 0.701. The normalized spacial score (nSPS) is 12.7. The quantitative estimate of drug-likeness (QED) is 0.676. The van der Waals surface area contributed by atoms with Gasteiger partial charge in [-0.15, -0.1) is 0 Å². The van der Waals surface area contributed by atoms with Crippen LogP contribution in [0.2, 0.25) is 0 Å². The fraction of sp³-hybridized carbons (Fsp3) is 0.333. The van der Waals surface area contributed by atoms with Gasteiger partial charge in [0, 0.05) is 45.2 Å². The van der Waals surface area contributed by atoms with Gasteiger partial charge in [0.1, 0.15) is 17.7 Å². The minimum atomic E-state index is -3.58. The number of likely N-dealkylation sites (N-methyl/N-ethyl adjacent to an activating group) is 1. The molecule has 0 spiro atoms. The molecule has 29 heavy (non-hydrogen) atoms. The zero-order valence-electron chi connectivity index (χ0n) is 16.6. The van der Waals surface area contributed by atoms with Crippen LogP contribution in [0.3, 0.4) is 0 Å². The third kappa shape index (κ3) is 6.66. The number of hydrogen-bond acceptors (Lipinski definition) is 5. The van der Waals surface area contributed by atoms with E-state index in [0.29, 0.717) is 5.69 Å². The van der Waals surface area contributed by atoms with Crippen molar-refractivity contribution in [3.63, 3.8) is 0 Å². The number of carbonyl (C=O) groups excluding carboxylic acids is 1. The Bertz CT molecular complexity index is 941. The van der Waals surface area contributed by atoms with Crippen LogP contribution in [0.25, 0.3) is 0 Å². The van der Waals surface area contributed by atoms with E-state index in [1.54, 1.807) is 25.3 Å². The molecule has 1 atom stereocenters. The number of benzene rings is 1. The van der Waals surface area contributed by atoms with Crippen LogP contribution in [0.5, 0.6) is 5.75 Å². The van der Waals surface area contributed by atoms with Crippen molar-refractivity contribution in [2.24, 2.45) is 0 Å². The summed E-state index contributed by atoms with van der Waals surface area (Å²) in [4.78, 5) is 15.9. The smallest absolute Gasteiger partial charge is 0.323 e. The van der Waals surface area contributed by atoms with Crippen molar-refractivity contribution in [2.75, 3.05) is 38.3 Å². The number of ether oxygens (including phenoxy) is 1. The molecule has 0 aliphatic carbocycles. The van der Waals surface area contributed by atoms with Crippen LogP contribution in [0.4, 0.5) is 20.6 Å². The Hall–Kier alpha value is -2.76. The van der Waals surface area contributed by atoms with Gasteiger partial charge in [0.05, 0.1) is 18.4 Å². The van der Waals surface area contributed by atoms with E-state index in [1.807, 2.05) is 0 Å². The van der Waals surface area contributed by atoms with Gasteiger partial charge in [-0.1, -0.05) is 0 Å². The third-order valence-corrected chi connectivity index (χ3v) is 5.62. The number of rotatable bonds is 8. The second-order valence-electron chi connectivity index (χ2n) is 6.50. The SMILES string of the molecule is C[C@@H](CN(C)S(=O)(=O)N(C)C)Oc1cc(F)cc(NC(=O)Nc2cccnc2)c1. The summed E-state index contributed by atoms with van der Waals surface area (Å²) in [5.74, 6) is -0.453. The number of halogens is 1. The average molecular weight is 425 g/mol. The van der Waals surface area contributed by atoms with Gasteiger partial charge in [-0.05, 0) is 25.1 Å². The van der Waals surface area contributed by atoms with Crippen molar-refractivity contribution in [3.8, 4) is 5.75 Å². The van der Waals surface area contributed by atoms with E-state index in [2.05, 4.69) is 15.6 Å². The molecular formula is C18H24FN5O4S. The van der Waals surface area contributed by atoms with Crippen molar-refractivity contribution in [2.45, 2.75) is 13.0 Å². The minimum absolute atomic E-state index is 0.0568. The molecule has 0 unspecified atom stereocenters. The van der Waals surface area contributed by atoms with Gasteiger partial charge in [-0.25, -0.2) is 9.18 Å². The van der Waals surface area contributed by atoms with Gasteiger partial charge in [-0.3, -0.25) is 4.98 Å². The van der Waals surface area contributed by atoms with Crippen molar-refractivity contribution in [3.05, 3.63) is 48.5 Å². The predicted octanol–water partition coefficient (Wildman–Crippen LogP) is 2.37. The maximum atomic E-state index is 13.9. The maximum Gasteiger partial charge on any atom is 0.323 e. The molecule has 1 aromatic carbocycles. The van der Waals surface area contributed by atoms with Gasteiger partial charge in [-0.2, -0.15) is 17.0 Å². The molecule has 0 bridgehead atoms. The number of aromatic nitrogens is 1. The van der Waals surface area contributed by atoms with Crippen molar-refractivity contribution in [1.82, 2.24) is 13.6 Å². The zero-order chi connectivity index (χ0) is 21.6. The van der Waals surface area contributed by atoms with E-state index in [-0.39, 0.29) is 18.0 Å². The van der Waals surface area contributed by atoms with E-state index in [0.717, 1.165) is 20.7 Å². The highest BCUT2D eigenvalue weighted by Crippen LogP contribution is 2.22. The third-order valence-electron chi connectivity index (χ3n) is 3.76. The molecule has 2 N–H and O–H groups in total. The van der Waals surface area contributed by atoms with Gasteiger partial charge >= 0.3 is 6.03 Å². The van der Waals surface area contributed by atoms with Gasteiger partial charge in [0.25, 0.3) is 10.2 Å². The first kappa shape index (κ1) is 22.5. The highest BCUT2D eigenvalue weighted by molar-refractivity contribution is 7.86. The molecule has 2 amide bonds. The van der Waals surface area contributed by atoms with Crippen LogP contribution in [-0.4, -0.2) is 61.8 Å². The Labute approximate surface area is 169 Å². The second-order valence-corrected chi connectivity index (χ2v) is 8.74. The van der Waals surface area contributed by atoms with E-state index in [9.17, 15) is 17.6 Å². The fourth-order valence-electron chi connectivity index (χ4n) is 2.44. The lowest BCUT2D eigenvalue weighted by Gasteiger charge is -2.24. The van der Waals surface area contributed by atoms with Crippen LogP contribution in [-0.2, 0) is 10.2 Å².